The first-order valence-corrected chi connectivity index (χ1v) is 9.50. The maximum absolute atomic E-state index is 12.4. The lowest BCUT2D eigenvalue weighted by molar-refractivity contribution is -0.124. The first-order valence-electron chi connectivity index (χ1n) is 6.78. The van der Waals surface area contributed by atoms with Gasteiger partial charge in [-0.2, -0.15) is 4.31 Å². The van der Waals surface area contributed by atoms with E-state index in [-0.39, 0.29) is 24.4 Å². The molecule has 1 aliphatic rings. The number of carbonyl (C=O) groups excluding carboxylic acids is 1. The second-order valence-electron chi connectivity index (χ2n) is 5.45. The predicted octanol–water partition coefficient (Wildman–Crippen LogP) is 1.76. The van der Waals surface area contributed by atoms with Crippen LogP contribution in [-0.2, 0) is 14.8 Å². The Hall–Kier alpha value is -1.18. The van der Waals surface area contributed by atoms with Gasteiger partial charge in [0.05, 0.1) is 12.3 Å². The van der Waals surface area contributed by atoms with Crippen LogP contribution >= 0.6 is 11.3 Å². The highest BCUT2D eigenvalue weighted by Gasteiger charge is 2.34. The Morgan fingerprint density at radius 3 is 2.71 bits per heavy atom. The molecule has 7 heteroatoms. The Labute approximate surface area is 129 Å². The van der Waals surface area contributed by atoms with Gasteiger partial charge in [0.2, 0.25) is 15.9 Å². The van der Waals surface area contributed by atoms with E-state index >= 15 is 0 Å². The molecule has 1 amide bonds. The van der Waals surface area contributed by atoms with Gasteiger partial charge >= 0.3 is 0 Å². The topological polar surface area (TPSA) is 66.5 Å². The van der Waals surface area contributed by atoms with Gasteiger partial charge in [-0.25, -0.2) is 8.42 Å². The third-order valence-electron chi connectivity index (χ3n) is 3.42. The Kier molecular flexibility index (Phi) is 4.85. The molecule has 2 atom stereocenters. The smallest absolute Gasteiger partial charge is 0.242 e. The fourth-order valence-electron chi connectivity index (χ4n) is 2.34. The Balaban J connectivity index is 2.14. The van der Waals surface area contributed by atoms with Gasteiger partial charge in [0, 0.05) is 11.4 Å². The molecule has 2 heterocycles. The largest absolute Gasteiger partial charge is 0.347 e. The highest BCUT2D eigenvalue weighted by molar-refractivity contribution is 7.88. The summed E-state index contributed by atoms with van der Waals surface area (Å²) in [6, 6.07) is 3.07. The first-order chi connectivity index (χ1) is 9.80. The van der Waals surface area contributed by atoms with Gasteiger partial charge in [0.25, 0.3) is 0 Å². The van der Waals surface area contributed by atoms with Gasteiger partial charge in [0.1, 0.15) is 6.04 Å². The zero-order chi connectivity index (χ0) is 15.6. The maximum atomic E-state index is 12.4. The molecule has 0 aliphatic carbocycles. The van der Waals surface area contributed by atoms with Crippen molar-refractivity contribution in [1.29, 1.82) is 0 Å². The number of nitrogens with zero attached hydrogens (tertiary/aromatic N) is 1. The van der Waals surface area contributed by atoms with E-state index in [1.165, 1.54) is 4.31 Å². The van der Waals surface area contributed by atoms with E-state index in [1.54, 1.807) is 23.5 Å². The van der Waals surface area contributed by atoms with Crippen LogP contribution in [0.3, 0.4) is 0 Å². The second kappa shape index (κ2) is 6.29. The molecule has 0 fully saturated rings. The SMILES string of the molecule is CC(C)[C@H](NC(=O)[C@H]1C=CCN1S(C)(=O)=O)c1cccs1. The van der Waals surface area contributed by atoms with Crippen LogP contribution in [0.2, 0.25) is 0 Å². The number of nitrogens with one attached hydrogen (secondary N) is 1. The van der Waals surface area contributed by atoms with Gasteiger partial charge in [-0.15, -0.1) is 11.3 Å². The van der Waals surface area contributed by atoms with Crippen LogP contribution in [0, 0.1) is 5.92 Å². The molecule has 116 valence electrons. The second-order valence-corrected chi connectivity index (χ2v) is 8.37. The van der Waals surface area contributed by atoms with E-state index in [0.717, 1.165) is 11.1 Å². The normalized spacial score (nSPS) is 20.9. The summed E-state index contributed by atoms with van der Waals surface area (Å²) in [5.41, 5.74) is 0. The number of thiophene rings is 1. The Morgan fingerprint density at radius 1 is 1.48 bits per heavy atom. The number of rotatable bonds is 5. The Morgan fingerprint density at radius 2 is 2.19 bits per heavy atom. The first kappa shape index (κ1) is 16.2. The average Bonchev–Trinajstić information content (AvgIpc) is 3.04. The van der Waals surface area contributed by atoms with E-state index in [0.29, 0.717) is 0 Å². The summed E-state index contributed by atoms with van der Waals surface area (Å²) in [6.45, 7) is 4.31. The quantitative estimate of drug-likeness (QED) is 0.838. The predicted molar refractivity (Wildman–Crippen MR) is 84.5 cm³/mol. The van der Waals surface area contributed by atoms with Gasteiger partial charge in [0.15, 0.2) is 0 Å². The van der Waals surface area contributed by atoms with Gasteiger partial charge in [-0.1, -0.05) is 32.1 Å². The molecule has 1 N–H and O–H groups in total. The molecule has 0 saturated carbocycles. The molecule has 0 bridgehead atoms. The van der Waals surface area contributed by atoms with Crippen LogP contribution in [0.1, 0.15) is 24.8 Å². The van der Waals surface area contributed by atoms with Gasteiger partial charge in [-0.3, -0.25) is 4.79 Å². The number of hydrogen-bond donors (Lipinski definition) is 1. The molecule has 2 rings (SSSR count). The lowest BCUT2D eigenvalue weighted by atomic mass is 10.0. The van der Waals surface area contributed by atoms with Crippen molar-refractivity contribution in [3.05, 3.63) is 34.5 Å². The van der Waals surface area contributed by atoms with Crippen molar-refractivity contribution >= 4 is 27.3 Å². The summed E-state index contributed by atoms with van der Waals surface area (Å²) >= 11 is 1.59. The molecule has 0 unspecified atom stereocenters. The van der Waals surface area contributed by atoms with E-state index < -0.39 is 16.1 Å². The molecule has 21 heavy (non-hydrogen) atoms. The monoisotopic (exact) mass is 328 g/mol. The average molecular weight is 328 g/mol. The van der Waals surface area contributed by atoms with Crippen molar-refractivity contribution in [2.24, 2.45) is 5.92 Å². The van der Waals surface area contributed by atoms with E-state index in [1.807, 2.05) is 31.4 Å². The third kappa shape index (κ3) is 3.72. The molecule has 1 aliphatic heterocycles. The molecule has 1 aromatic heterocycles. The van der Waals surface area contributed by atoms with E-state index in [9.17, 15) is 13.2 Å². The minimum absolute atomic E-state index is 0.104. The number of sulfonamides is 1. The standard InChI is InChI=1S/C14H20N2O3S2/c1-10(2)13(12-7-5-9-20-12)15-14(17)11-6-4-8-16(11)21(3,18)19/h4-7,9-11,13H,8H2,1-3H3,(H,15,17)/t11-,13+/m1/s1. The number of hydrogen-bond acceptors (Lipinski definition) is 4. The summed E-state index contributed by atoms with van der Waals surface area (Å²) in [5.74, 6) is -0.0501. The van der Waals surface area contributed by atoms with Crippen molar-refractivity contribution in [2.45, 2.75) is 25.9 Å². The molecule has 0 spiro atoms. The highest BCUT2D eigenvalue weighted by Crippen LogP contribution is 2.26. The van der Waals surface area contributed by atoms with Crippen LogP contribution < -0.4 is 5.32 Å². The minimum atomic E-state index is -3.39. The summed E-state index contributed by atoms with van der Waals surface area (Å²) < 4.78 is 24.6. The lowest BCUT2D eigenvalue weighted by Gasteiger charge is -2.26. The van der Waals surface area contributed by atoms with Gasteiger partial charge in [-0.05, 0) is 17.4 Å². The molecular weight excluding hydrogens is 308 g/mol. The van der Waals surface area contributed by atoms with Gasteiger partial charge < -0.3 is 5.32 Å². The Bertz CT molecular complexity index is 621. The minimum Gasteiger partial charge on any atom is -0.347 e. The van der Waals surface area contributed by atoms with Crippen LogP contribution in [0.4, 0.5) is 0 Å². The van der Waals surface area contributed by atoms with E-state index in [2.05, 4.69) is 5.32 Å². The van der Waals surface area contributed by atoms with Crippen molar-refractivity contribution in [1.82, 2.24) is 9.62 Å². The van der Waals surface area contributed by atoms with Crippen LogP contribution in [0.25, 0.3) is 0 Å². The molecule has 0 saturated heterocycles. The molecule has 0 aromatic carbocycles. The highest BCUT2D eigenvalue weighted by atomic mass is 32.2. The summed E-state index contributed by atoms with van der Waals surface area (Å²) in [6.07, 6.45) is 4.47. The summed E-state index contributed by atoms with van der Waals surface area (Å²) in [7, 11) is -3.39. The molecule has 5 nitrogen and oxygen atoms in total. The van der Waals surface area contributed by atoms with Crippen LogP contribution in [0.5, 0.6) is 0 Å². The van der Waals surface area contributed by atoms with Crippen molar-refractivity contribution in [3.8, 4) is 0 Å². The summed E-state index contributed by atoms with van der Waals surface area (Å²) in [4.78, 5) is 13.5. The molecule has 0 radical (unpaired) electrons. The van der Waals surface area contributed by atoms with Crippen molar-refractivity contribution in [3.63, 3.8) is 0 Å². The fourth-order valence-corrected chi connectivity index (χ4v) is 4.22. The van der Waals surface area contributed by atoms with Crippen molar-refractivity contribution < 1.29 is 13.2 Å². The molecular formula is C14H20N2O3S2. The summed E-state index contributed by atoms with van der Waals surface area (Å²) in [5, 5.41) is 4.94. The maximum Gasteiger partial charge on any atom is 0.242 e. The van der Waals surface area contributed by atoms with Crippen molar-refractivity contribution in [2.75, 3.05) is 12.8 Å². The number of carbonyl (C=O) groups is 1. The fraction of sp³-hybridized carbons (Fsp3) is 0.500. The zero-order valence-electron chi connectivity index (χ0n) is 12.3. The lowest BCUT2D eigenvalue weighted by Crippen LogP contribution is -2.47. The van der Waals surface area contributed by atoms with Crippen LogP contribution in [0.15, 0.2) is 29.7 Å². The van der Waals surface area contributed by atoms with Crippen LogP contribution in [-0.4, -0.2) is 37.5 Å². The van der Waals surface area contributed by atoms with E-state index in [4.69, 9.17) is 0 Å². The molecule has 1 aromatic rings. The number of amides is 1. The zero-order valence-corrected chi connectivity index (χ0v) is 13.9. The third-order valence-corrected chi connectivity index (χ3v) is 5.61.